The summed E-state index contributed by atoms with van der Waals surface area (Å²) in [5.41, 5.74) is 2.37. The lowest BCUT2D eigenvalue weighted by Gasteiger charge is -2.08. The highest BCUT2D eigenvalue weighted by atomic mass is 35.5. The number of rotatable bonds is 6. The van der Waals surface area contributed by atoms with Gasteiger partial charge in [-0.15, -0.1) is 0 Å². The number of benzene rings is 2. The molecule has 2 amide bonds. The van der Waals surface area contributed by atoms with Gasteiger partial charge < -0.3 is 15.1 Å². The van der Waals surface area contributed by atoms with Crippen LogP contribution in [0.5, 0.6) is 0 Å². The molecule has 0 aliphatic heterocycles. The van der Waals surface area contributed by atoms with Gasteiger partial charge in [0.05, 0.1) is 12.7 Å². The van der Waals surface area contributed by atoms with Crippen LogP contribution in [0.2, 0.25) is 5.02 Å². The van der Waals surface area contributed by atoms with Crippen molar-refractivity contribution in [3.63, 3.8) is 0 Å². The Labute approximate surface area is 156 Å². The Morgan fingerprint density at radius 2 is 1.73 bits per heavy atom. The second kappa shape index (κ2) is 8.36. The molecule has 0 atom stereocenters. The summed E-state index contributed by atoms with van der Waals surface area (Å²) < 4.78 is 5.04. The van der Waals surface area contributed by atoms with Crippen LogP contribution in [0.1, 0.15) is 21.7 Å². The average Bonchev–Trinajstić information content (AvgIpc) is 3.18. The van der Waals surface area contributed by atoms with Gasteiger partial charge in [-0.2, -0.15) is 0 Å². The minimum Gasteiger partial charge on any atom is -0.459 e. The van der Waals surface area contributed by atoms with Gasteiger partial charge in [-0.25, -0.2) is 0 Å². The lowest BCUT2D eigenvalue weighted by molar-refractivity contribution is -0.120. The Bertz CT molecular complexity index is 890. The van der Waals surface area contributed by atoms with Crippen molar-refractivity contribution in [2.75, 3.05) is 5.32 Å². The smallest absolute Gasteiger partial charge is 0.291 e. The van der Waals surface area contributed by atoms with Crippen LogP contribution in [0, 0.1) is 0 Å². The molecule has 5 nitrogen and oxygen atoms in total. The molecular formula is C20H17ClN2O3. The summed E-state index contributed by atoms with van der Waals surface area (Å²) in [6.07, 6.45) is 1.68. The van der Waals surface area contributed by atoms with Crippen molar-refractivity contribution in [1.82, 2.24) is 5.32 Å². The van der Waals surface area contributed by atoms with Crippen molar-refractivity contribution in [2.45, 2.75) is 13.0 Å². The van der Waals surface area contributed by atoms with E-state index in [0.29, 0.717) is 17.3 Å². The van der Waals surface area contributed by atoms with Crippen LogP contribution in [0.15, 0.2) is 71.3 Å². The maximum Gasteiger partial charge on any atom is 0.291 e. The normalized spacial score (nSPS) is 10.3. The summed E-state index contributed by atoms with van der Waals surface area (Å²) in [5, 5.41) is 6.18. The average molecular weight is 369 g/mol. The molecule has 6 heteroatoms. The monoisotopic (exact) mass is 368 g/mol. The highest BCUT2D eigenvalue weighted by molar-refractivity contribution is 6.31. The molecule has 0 aliphatic rings. The van der Waals surface area contributed by atoms with Crippen molar-refractivity contribution in [3.8, 4) is 0 Å². The minimum atomic E-state index is -0.309. The van der Waals surface area contributed by atoms with E-state index in [1.165, 1.54) is 6.26 Å². The van der Waals surface area contributed by atoms with Gasteiger partial charge >= 0.3 is 0 Å². The van der Waals surface area contributed by atoms with E-state index in [-0.39, 0.29) is 24.0 Å². The van der Waals surface area contributed by atoms with Gasteiger partial charge in [0.1, 0.15) is 0 Å². The number of furan rings is 1. The zero-order chi connectivity index (χ0) is 18.4. The number of halogens is 1. The van der Waals surface area contributed by atoms with Gasteiger partial charge in [-0.3, -0.25) is 9.59 Å². The Kier molecular flexibility index (Phi) is 5.71. The summed E-state index contributed by atoms with van der Waals surface area (Å²) in [5.74, 6) is -0.162. The van der Waals surface area contributed by atoms with Gasteiger partial charge in [0.2, 0.25) is 5.91 Å². The third kappa shape index (κ3) is 4.74. The van der Waals surface area contributed by atoms with E-state index in [9.17, 15) is 9.59 Å². The number of anilines is 1. The van der Waals surface area contributed by atoms with Crippen LogP contribution < -0.4 is 10.6 Å². The highest BCUT2D eigenvalue weighted by Gasteiger charge is 2.09. The molecule has 0 fully saturated rings. The molecule has 2 aromatic carbocycles. The molecule has 0 saturated carbocycles. The summed E-state index contributed by atoms with van der Waals surface area (Å²) in [6.45, 7) is 0.399. The second-order valence-corrected chi connectivity index (χ2v) is 6.08. The first-order chi connectivity index (χ1) is 12.6. The van der Waals surface area contributed by atoms with Crippen LogP contribution in [0.3, 0.4) is 0 Å². The maximum absolute atomic E-state index is 12.0. The summed E-state index contributed by atoms with van der Waals surface area (Å²) in [6, 6.07) is 17.8. The molecular weight excluding hydrogens is 352 g/mol. The first-order valence-corrected chi connectivity index (χ1v) is 8.43. The minimum absolute atomic E-state index is 0.103. The van der Waals surface area contributed by atoms with E-state index in [0.717, 1.165) is 11.1 Å². The summed E-state index contributed by atoms with van der Waals surface area (Å²) in [4.78, 5) is 23.9. The van der Waals surface area contributed by atoms with Crippen molar-refractivity contribution in [1.29, 1.82) is 0 Å². The zero-order valence-corrected chi connectivity index (χ0v) is 14.6. The Balaban J connectivity index is 1.50. The van der Waals surface area contributed by atoms with Gasteiger partial charge in [0, 0.05) is 17.3 Å². The zero-order valence-electron chi connectivity index (χ0n) is 13.9. The summed E-state index contributed by atoms with van der Waals surface area (Å²) in [7, 11) is 0. The molecule has 0 bridgehead atoms. The molecule has 26 heavy (non-hydrogen) atoms. The van der Waals surface area contributed by atoms with E-state index >= 15 is 0 Å². The lowest BCUT2D eigenvalue weighted by atomic mass is 10.1. The fourth-order valence-electron chi connectivity index (χ4n) is 2.38. The molecule has 3 rings (SSSR count). The van der Waals surface area contributed by atoms with Crippen LogP contribution in [-0.2, 0) is 17.8 Å². The number of hydrogen-bond acceptors (Lipinski definition) is 3. The van der Waals surface area contributed by atoms with Crippen LogP contribution in [0.25, 0.3) is 0 Å². The fraction of sp³-hybridized carbons (Fsp3) is 0.100. The first kappa shape index (κ1) is 17.8. The molecule has 3 aromatic rings. The van der Waals surface area contributed by atoms with Crippen LogP contribution in [0.4, 0.5) is 5.69 Å². The molecule has 0 radical (unpaired) electrons. The Hall–Kier alpha value is -3.05. The lowest BCUT2D eigenvalue weighted by Crippen LogP contribution is -2.24. The number of nitrogens with one attached hydrogen (secondary N) is 2. The summed E-state index contributed by atoms with van der Waals surface area (Å²) >= 11 is 6.06. The van der Waals surface area contributed by atoms with Crippen molar-refractivity contribution >= 4 is 29.1 Å². The number of carbonyl (C=O) groups is 2. The first-order valence-electron chi connectivity index (χ1n) is 8.06. The van der Waals surface area contributed by atoms with E-state index < -0.39 is 0 Å². The fourth-order valence-corrected chi connectivity index (χ4v) is 2.59. The van der Waals surface area contributed by atoms with Crippen LogP contribution in [-0.4, -0.2) is 11.8 Å². The molecule has 132 valence electrons. The molecule has 2 N–H and O–H groups in total. The van der Waals surface area contributed by atoms with E-state index in [1.807, 2.05) is 30.3 Å². The molecule has 0 unspecified atom stereocenters. The van der Waals surface area contributed by atoms with E-state index in [2.05, 4.69) is 10.6 Å². The van der Waals surface area contributed by atoms with Gasteiger partial charge in [0.25, 0.3) is 5.91 Å². The van der Waals surface area contributed by atoms with E-state index in [4.69, 9.17) is 16.0 Å². The standard InChI is InChI=1S/C20H17ClN2O3/c21-17-5-2-1-4-15(17)12-19(24)22-13-14-7-9-16(10-8-14)23-20(25)18-6-3-11-26-18/h1-11H,12-13H2,(H,22,24)(H,23,25). The molecule has 1 heterocycles. The topological polar surface area (TPSA) is 71.3 Å². The van der Waals surface area contributed by atoms with E-state index in [1.54, 1.807) is 30.3 Å². The maximum atomic E-state index is 12.0. The number of hydrogen-bond donors (Lipinski definition) is 2. The number of carbonyl (C=O) groups excluding carboxylic acids is 2. The predicted molar refractivity (Wildman–Crippen MR) is 100 cm³/mol. The van der Waals surface area contributed by atoms with Gasteiger partial charge in [-0.05, 0) is 41.5 Å². The third-order valence-electron chi connectivity index (χ3n) is 3.76. The predicted octanol–water partition coefficient (Wildman–Crippen LogP) is 4.04. The second-order valence-electron chi connectivity index (χ2n) is 5.67. The highest BCUT2D eigenvalue weighted by Crippen LogP contribution is 2.15. The number of amides is 2. The third-order valence-corrected chi connectivity index (χ3v) is 4.12. The molecule has 0 saturated heterocycles. The molecule has 1 aromatic heterocycles. The molecule has 0 spiro atoms. The van der Waals surface area contributed by atoms with Crippen LogP contribution >= 0.6 is 11.6 Å². The van der Waals surface area contributed by atoms with Crippen molar-refractivity contribution in [3.05, 3.63) is 88.8 Å². The van der Waals surface area contributed by atoms with Crippen molar-refractivity contribution in [2.24, 2.45) is 0 Å². The van der Waals surface area contributed by atoms with Crippen molar-refractivity contribution < 1.29 is 14.0 Å². The quantitative estimate of drug-likeness (QED) is 0.689. The Morgan fingerprint density at radius 3 is 2.42 bits per heavy atom. The molecule has 0 aliphatic carbocycles. The SMILES string of the molecule is O=C(Cc1ccccc1Cl)NCc1ccc(NC(=O)c2ccco2)cc1. The largest absolute Gasteiger partial charge is 0.459 e. The van der Waals surface area contributed by atoms with Gasteiger partial charge in [-0.1, -0.05) is 41.9 Å². The van der Waals surface area contributed by atoms with Gasteiger partial charge in [0.15, 0.2) is 5.76 Å². The Morgan fingerprint density at radius 1 is 0.962 bits per heavy atom.